The third kappa shape index (κ3) is 3.39. The van der Waals surface area contributed by atoms with E-state index in [-0.39, 0.29) is 6.10 Å². The molecule has 1 aromatic carbocycles. The summed E-state index contributed by atoms with van der Waals surface area (Å²) in [5.41, 5.74) is 0.982. The van der Waals surface area contributed by atoms with Gasteiger partial charge >= 0.3 is 0 Å². The number of hydrogen-bond acceptors (Lipinski definition) is 3. The summed E-state index contributed by atoms with van der Waals surface area (Å²) in [5.74, 6) is 2.03. The largest absolute Gasteiger partial charge is 0.494 e. The zero-order valence-corrected chi connectivity index (χ0v) is 11.1. The summed E-state index contributed by atoms with van der Waals surface area (Å²) in [7, 11) is 0. The Morgan fingerprint density at radius 3 is 3.06 bits per heavy atom. The number of aliphatic hydroxyl groups excluding tert-OH is 1. The van der Waals surface area contributed by atoms with Gasteiger partial charge in [-0.15, -0.1) is 0 Å². The molecule has 1 N–H and O–H groups in total. The average Bonchev–Trinajstić information content (AvgIpc) is 2.40. The predicted molar refractivity (Wildman–Crippen MR) is 72.7 cm³/mol. The van der Waals surface area contributed by atoms with E-state index in [2.05, 4.69) is 0 Å². The highest BCUT2D eigenvalue weighted by atomic mass is 32.2. The highest BCUT2D eigenvalue weighted by Gasteiger charge is 2.23. The first kappa shape index (κ1) is 12.8. The average molecular weight is 252 g/mol. The number of ether oxygens (including phenoxy) is 1. The van der Waals surface area contributed by atoms with Crippen molar-refractivity contribution in [2.24, 2.45) is 0 Å². The van der Waals surface area contributed by atoms with Crippen molar-refractivity contribution in [1.29, 1.82) is 0 Å². The van der Waals surface area contributed by atoms with Gasteiger partial charge in [0.25, 0.3) is 0 Å². The molecule has 2 nitrogen and oxygen atoms in total. The van der Waals surface area contributed by atoms with Crippen LogP contribution in [-0.2, 0) is 0 Å². The van der Waals surface area contributed by atoms with E-state index < -0.39 is 0 Å². The van der Waals surface area contributed by atoms with Gasteiger partial charge in [-0.3, -0.25) is 0 Å². The molecule has 17 heavy (non-hydrogen) atoms. The molecule has 0 saturated carbocycles. The van der Waals surface area contributed by atoms with Crippen LogP contribution in [0.3, 0.4) is 0 Å². The second kappa shape index (κ2) is 6.31. The van der Waals surface area contributed by atoms with E-state index in [0.717, 1.165) is 17.7 Å². The quantitative estimate of drug-likeness (QED) is 0.890. The Balaban J connectivity index is 2.06. The molecule has 3 heteroatoms. The lowest BCUT2D eigenvalue weighted by atomic mass is 10.0. The van der Waals surface area contributed by atoms with Crippen molar-refractivity contribution in [2.75, 3.05) is 12.4 Å². The van der Waals surface area contributed by atoms with Gasteiger partial charge in [0, 0.05) is 5.25 Å². The van der Waals surface area contributed by atoms with Crippen molar-refractivity contribution >= 4 is 11.8 Å². The summed E-state index contributed by atoms with van der Waals surface area (Å²) in [5, 5.41) is 10.7. The molecule has 1 aliphatic rings. The van der Waals surface area contributed by atoms with Crippen molar-refractivity contribution < 1.29 is 9.84 Å². The molecule has 0 radical (unpaired) electrons. The van der Waals surface area contributed by atoms with Crippen LogP contribution in [0.2, 0.25) is 0 Å². The Morgan fingerprint density at radius 2 is 2.35 bits per heavy atom. The van der Waals surface area contributed by atoms with E-state index in [4.69, 9.17) is 4.74 Å². The number of benzene rings is 1. The first-order valence-electron chi connectivity index (χ1n) is 6.33. The summed E-state index contributed by atoms with van der Waals surface area (Å²) < 4.78 is 5.47. The first-order chi connectivity index (χ1) is 8.31. The summed E-state index contributed by atoms with van der Waals surface area (Å²) in [4.78, 5) is 0. The minimum Gasteiger partial charge on any atom is -0.494 e. The molecule has 1 saturated heterocycles. The second-order valence-corrected chi connectivity index (χ2v) is 5.70. The van der Waals surface area contributed by atoms with Crippen LogP contribution in [0.4, 0.5) is 0 Å². The van der Waals surface area contributed by atoms with Crippen LogP contribution in [0.25, 0.3) is 0 Å². The summed E-state index contributed by atoms with van der Waals surface area (Å²) in [6, 6.07) is 7.84. The van der Waals surface area contributed by atoms with E-state index in [1.807, 2.05) is 43.0 Å². The number of rotatable bonds is 4. The molecular weight excluding hydrogens is 232 g/mol. The molecule has 2 atom stereocenters. The lowest BCUT2D eigenvalue weighted by molar-refractivity contribution is 0.168. The maximum absolute atomic E-state index is 10.4. The molecule has 1 aliphatic heterocycles. The molecule has 2 unspecified atom stereocenters. The van der Waals surface area contributed by atoms with E-state index in [1.165, 1.54) is 18.6 Å². The lowest BCUT2D eigenvalue weighted by Crippen LogP contribution is -2.18. The monoisotopic (exact) mass is 252 g/mol. The summed E-state index contributed by atoms with van der Waals surface area (Å²) in [6.45, 7) is 2.64. The van der Waals surface area contributed by atoms with Gasteiger partial charge in [-0.2, -0.15) is 11.8 Å². The molecule has 0 bridgehead atoms. The molecule has 2 rings (SSSR count). The molecule has 1 heterocycles. The van der Waals surface area contributed by atoms with Crippen LogP contribution in [-0.4, -0.2) is 22.7 Å². The molecule has 0 amide bonds. The van der Waals surface area contributed by atoms with Crippen molar-refractivity contribution in [3.8, 4) is 5.75 Å². The van der Waals surface area contributed by atoms with Crippen LogP contribution in [0, 0.1) is 0 Å². The van der Waals surface area contributed by atoms with Gasteiger partial charge in [0.05, 0.1) is 12.7 Å². The lowest BCUT2D eigenvalue weighted by Gasteiger charge is -2.26. The molecule has 0 aromatic heterocycles. The highest BCUT2D eigenvalue weighted by molar-refractivity contribution is 7.99. The normalized spacial score (nSPS) is 22.1. The predicted octanol–water partition coefficient (Wildman–Crippen LogP) is 3.40. The van der Waals surface area contributed by atoms with Crippen LogP contribution in [0.15, 0.2) is 24.3 Å². The maximum Gasteiger partial charge on any atom is 0.119 e. The fourth-order valence-electron chi connectivity index (χ4n) is 2.18. The zero-order chi connectivity index (χ0) is 12.1. The number of aliphatic hydroxyl groups is 1. The number of thioether (sulfide) groups is 1. The van der Waals surface area contributed by atoms with Gasteiger partial charge in [-0.25, -0.2) is 0 Å². The van der Waals surface area contributed by atoms with Gasteiger partial charge in [0.15, 0.2) is 0 Å². The molecule has 1 aromatic rings. The van der Waals surface area contributed by atoms with Crippen LogP contribution in [0.5, 0.6) is 5.75 Å². The van der Waals surface area contributed by atoms with E-state index >= 15 is 0 Å². The third-order valence-corrected chi connectivity index (χ3v) is 4.52. The van der Waals surface area contributed by atoms with Crippen molar-refractivity contribution in [3.63, 3.8) is 0 Å². The molecule has 94 valence electrons. The van der Waals surface area contributed by atoms with Crippen LogP contribution >= 0.6 is 11.8 Å². The Kier molecular flexibility index (Phi) is 4.75. The fraction of sp³-hybridized carbons (Fsp3) is 0.571. The van der Waals surface area contributed by atoms with Gasteiger partial charge in [0.1, 0.15) is 5.75 Å². The van der Waals surface area contributed by atoms with E-state index in [1.54, 1.807) is 0 Å². The molecule has 0 aliphatic carbocycles. The summed E-state index contributed by atoms with van der Waals surface area (Å²) in [6.07, 6.45) is 3.28. The minimum absolute atomic E-state index is 0.348. The van der Waals surface area contributed by atoms with Gasteiger partial charge < -0.3 is 9.84 Å². The van der Waals surface area contributed by atoms with Gasteiger partial charge in [0.2, 0.25) is 0 Å². The molecule has 1 fully saturated rings. The zero-order valence-electron chi connectivity index (χ0n) is 10.3. The third-order valence-electron chi connectivity index (χ3n) is 3.08. The fourth-order valence-corrected chi connectivity index (χ4v) is 3.53. The summed E-state index contributed by atoms with van der Waals surface area (Å²) >= 11 is 1.89. The Morgan fingerprint density at radius 1 is 1.47 bits per heavy atom. The second-order valence-electron chi connectivity index (χ2n) is 4.36. The number of hydrogen-bond donors (Lipinski definition) is 1. The maximum atomic E-state index is 10.4. The topological polar surface area (TPSA) is 29.5 Å². The van der Waals surface area contributed by atoms with Crippen molar-refractivity contribution in [3.05, 3.63) is 29.8 Å². The van der Waals surface area contributed by atoms with E-state index in [0.29, 0.717) is 11.9 Å². The highest BCUT2D eigenvalue weighted by Crippen LogP contribution is 2.35. The Hall–Kier alpha value is -0.670. The van der Waals surface area contributed by atoms with Gasteiger partial charge in [-0.1, -0.05) is 18.6 Å². The van der Waals surface area contributed by atoms with Gasteiger partial charge in [-0.05, 0) is 43.2 Å². The smallest absolute Gasteiger partial charge is 0.119 e. The SMILES string of the molecule is CCOc1cccc(C(O)C2CCCCS2)c1. The first-order valence-corrected chi connectivity index (χ1v) is 7.38. The van der Waals surface area contributed by atoms with Crippen molar-refractivity contribution in [2.45, 2.75) is 37.5 Å². The van der Waals surface area contributed by atoms with E-state index in [9.17, 15) is 5.11 Å². The molecule has 0 spiro atoms. The molecular formula is C14H20O2S. The standard InChI is InChI=1S/C14H20O2S/c1-2-16-12-7-5-6-11(10-12)14(15)13-8-3-4-9-17-13/h5-7,10,13-15H,2-4,8-9H2,1H3. The Bertz CT molecular complexity index is 348. The van der Waals surface area contributed by atoms with Crippen LogP contribution in [0.1, 0.15) is 37.9 Å². The Labute approximate surface area is 107 Å². The van der Waals surface area contributed by atoms with Crippen molar-refractivity contribution in [1.82, 2.24) is 0 Å². The van der Waals surface area contributed by atoms with Crippen LogP contribution < -0.4 is 4.74 Å². The minimum atomic E-state index is -0.360.